The van der Waals surface area contributed by atoms with Crippen molar-refractivity contribution < 1.29 is 26.2 Å². The Balaban J connectivity index is 0.000000272. The molecule has 0 bridgehead atoms. The third-order valence-corrected chi connectivity index (χ3v) is 21.5. The van der Waals surface area contributed by atoms with E-state index >= 15 is 0 Å². The third kappa shape index (κ3) is 12.6. The molecule has 0 atom stereocenters. The van der Waals surface area contributed by atoms with Crippen LogP contribution >= 0.6 is 0 Å². The van der Waals surface area contributed by atoms with Gasteiger partial charge in [-0.2, -0.15) is 0 Å². The summed E-state index contributed by atoms with van der Waals surface area (Å²) in [5, 5.41) is 12.3. The quantitative estimate of drug-likeness (QED) is 0.115. The van der Waals surface area contributed by atoms with E-state index in [1.165, 1.54) is 66.1 Å². The van der Waals surface area contributed by atoms with Crippen LogP contribution in [0.2, 0.25) is 78.6 Å². The zero-order valence-electron chi connectivity index (χ0n) is 44.6. The molecule has 63 heavy (non-hydrogen) atoms. The fourth-order valence-electron chi connectivity index (χ4n) is 8.66. The molecular formula is C58H86Si4Zr. The van der Waals surface area contributed by atoms with E-state index < -0.39 is 32.3 Å². The first-order valence-corrected chi connectivity index (χ1v) is 37.6. The monoisotopic (exact) mass is 984 g/mol. The van der Waals surface area contributed by atoms with Crippen LogP contribution in [0.1, 0.15) is 105 Å². The topological polar surface area (TPSA) is 0 Å². The smallest absolute Gasteiger partial charge is 0.145 e. The molecular weight excluding hydrogens is 900 g/mol. The summed E-state index contributed by atoms with van der Waals surface area (Å²) >= 11 is 0. The summed E-state index contributed by atoms with van der Waals surface area (Å²) in [6.07, 6.45) is 0. The number of hydrogen-bond donors (Lipinski definition) is 0. The molecule has 0 radical (unpaired) electrons. The van der Waals surface area contributed by atoms with Gasteiger partial charge in [-0.3, -0.25) is 0 Å². The molecule has 0 aromatic heterocycles. The molecule has 0 heterocycles. The van der Waals surface area contributed by atoms with Crippen molar-refractivity contribution in [2.75, 3.05) is 0 Å². The number of benzene rings is 4. The Kier molecular flexibility index (Phi) is 15.1. The van der Waals surface area contributed by atoms with Crippen LogP contribution in [0, 0.1) is 0 Å². The van der Waals surface area contributed by atoms with Gasteiger partial charge in [0.1, 0.15) is 0 Å². The van der Waals surface area contributed by atoms with Gasteiger partial charge in [0.25, 0.3) is 0 Å². The van der Waals surface area contributed by atoms with Crippen molar-refractivity contribution in [1.29, 1.82) is 0 Å². The van der Waals surface area contributed by atoms with E-state index in [-0.39, 0.29) is 47.9 Å². The molecule has 338 valence electrons. The first kappa shape index (κ1) is 53.5. The Morgan fingerprint density at radius 3 is 0.730 bits per heavy atom. The summed E-state index contributed by atoms with van der Waals surface area (Å²) in [5.41, 5.74) is 11.7. The molecule has 6 aromatic rings. The van der Waals surface area contributed by atoms with Crippen molar-refractivity contribution in [2.45, 2.75) is 183 Å². The molecule has 0 aliphatic heterocycles. The van der Waals surface area contributed by atoms with Gasteiger partial charge >= 0.3 is 26.2 Å². The predicted molar refractivity (Wildman–Crippen MR) is 297 cm³/mol. The summed E-state index contributed by atoms with van der Waals surface area (Å²) in [5.74, 6) is 0. The maximum absolute atomic E-state index is 2.54. The number of hydrogen-bond acceptors (Lipinski definition) is 0. The fourth-order valence-corrected chi connectivity index (χ4v) is 19.0. The minimum Gasteiger partial charge on any atom is -0.145 e. The fraction of sp³-hybridized carbons (Fsp3) is 0.483. The van der Waals surface area contributed by atoms with Crippen molar-refractivity contribution >= 4 is 74.6 Å². The summed E-state index contributed by atoms with van der Waals surface area (Å²) in [6, 6.07) is 34.4. The van der Waals surface area contributed by atoms with Gasteiger partial charge in [0.05, 0.1) is 32.3 Å². The molecule has 6 aromatic carbocycles. The Labute approximate surface area is 410 Å². The van der Waals surface area contributed by atoms with E-state index in [0.717, 1.165) is 0 Å². The Hall–Kier alpha value is -2.15. The normalized spacial score (nSPS) is 13.6. The van der Waals surface area contributed by atoms with Crippen LogP contribution in [0.4, 0.5) is 0 Å². The largest absolute Gasteiger partial charge is 2.00 e. The molecule has 5 heteroatoms. The van der Waals surface area contributed by atoms with Crippen molar-refractivity contribution in [1.82, 2.24) is 0 Å². The van der Waals surface area contributed by atoms with Crippen LogP contribution < -0.4 is 20.7 Å². The number of rotatable bonds is 6. The molecule has 0 nitrogen and oxygen atoms in total. The molecule has 0 amide bonds. The van der Waals surface area contributed by atoms with E-state index in [0.29, 0.717) is 0 Å². The molecule has 0 aliphatic carbocycles. The Bertz CT molecular complexity index is 2220. The minimum absolute atomic E-state index is 0. The van der Waals surface area contributed by atoms with E-state index in [1.807, 2.05) is 0 Å². The van der Waals surface area contributed by atoms with Crippen LogP contribution in [-0.2, 0) is 47.9 Å². The summed E-state index contributed by atoms with van der Waals surface area (Å²) in [7, 11) is -5.63. The first-order valence-electron chi connectivity index (χ1n) is 23.6. The average Bonchev–Trinajstić information content (AvgIpc) is 3.71. The van der Waals surface area contributed by atoms with Gasteiger partial charge in [-0.1, -0.05) is 242 Å². The third-order valence-electron chi connectivity index (χ3n) is 12.9. The van der Waals surface area contributed by atoms with Crippen LogP contribution in [0.5, 0.6) is 0 Å². The zero-order chi connectivity index (χ0) is 47.1. The van der Waals surface area contributed by atoms with Crippen molar-refractivity contribution in [2.24, 2.45) is 0 Å². The Morgan fingerprint density at radius 1 is 0.302 bits per heavy atom. The van der Waals surface area contributed by atoms with Gasteiger partial charge in [-0.15, -0.1) is 69.1 Å². The molecule has 0 N–H and O–H groups in total. The van der Waals surface area contributed by atoms with Crippen LogP contribution in [0.25, 0.3) is 43.8 Å². The molecule has 0 aliphatic rings. The molecule has 0 saturated heterocycles. The molecule has 6 rings (SSSR count). The van der Waals surface area contributed by atoms with Crippen molar-refractivity contribution in [3.63, 3.8) is 0 Å². The standard InChI is InChI=1S/2C29H43Si2.Zr/c2*1-28(2,3)24-15-23(16-25(19-24)29(4,5)6)20-13-21-17-26(30(7,8)9)27(31(10,11)12)18-22(21)14-20;/h2*13-19H,1-12H3;/q2*-1;+2. The van der Waals surface area contributed by atoms with Gasteiger partial charge in [0.2, 0.25) is 0 Å². The van der Waals surface area contributed by atoms with Crippen LogP contribution in [0.15, 0.2) is 84.9 Å². The summed E-state index contributed by atoms with van der Waals surface area (Å²) in [4.78, 5) is 0. The molecule has 0 fully saturated rings. The van der Waals surface area contributed by atoms with E-state index in [9.17, 15) is 0 Å². The van der Waals surface area contributed by atoms with Gasteiger partial charge in [0.15, 0.2) is 0 Å². The predicted octanol–water partition coefficient (Wildman–Crippen LogP) is 15.8. The Morgan fingerprint density at radius 2 is 0.524 bits per heavy atom. The molecule has 0 saturated carbocycles. The second-order valence-electron chi connectivity index (χ2n) is 27.1. The van der Waals surface area contributed by atoms with Crippen LogP contribution in [-0.4, -0.2) is 32.3 Å². The maximum Gasteiger partial charge on any atom is 2.00 e. The maximum atomic E-state index is 2.54. The van der Waals surface area contributed by atoms with E-state index in [2.05, 4.69) is 247 Å². The van der Waals surface area contributed by atoms with E-state index in [1.54, 1.807) is 20.7 Å². The average molecular weight is 987 g/mol. The summed E-state index contributed by atoms with van der Waals surface area (Å²) in [6.45, 7) is 57.7. The second kappa shape index (κ2) is 17.8. The van der Waals surface area contributed by atoms with Crippen molar-refractivity contribution in [3.8, 4) is 22.3 Å². The van der Waals surface area contributed by atoms with Gasteiger partial charge < -0.3 is 0 Å². The second-order valence-corrected chi connectivity index (χ2v) is 47.3. The minimum atomic E-state index is -1.41. The first-order chi connectivity index (χ1) is 27.7. The molecule has 0 spiro atoms. The SMILES string of the molecule is CC(C)(C)c1cc(-c2cc3cc([Si](C)(C)C)c([Si](C)(C)C)cc3[cH-]2)cc(C(C)(C)C)c1.CC(C)(C)c1cc(-c2cc3cc([Si](C)(C)C)c([Si](C)(C)C)cc3[cH-]2)cc(C(C)(C)C)c1.[Zr+2]. The van der Waals surface area contributed by atoms with Crippen LogP contribution in [0.3, 0.4) is 0 Å². The van der Waals surface area contributed by atoms with Gasteiger partial charge in [0, 0.05) is 0 Å². The van der Waals surface area contributed by atoms with Gasteiger partial charge in [-0.25, -0.2) is 0 Å². The molecule has 0 unspecified atom stereocenters. The van der Waals surface area contributed by atoms with Gasteiger partial charge in [-0.05, 0) is 43.9 Å². The number of fused-ring (bicyclic) bond motifs is 2. The van der Waals surface area contributed by atoms with E-state index in [4.69, 9.17) is 0 Å². The zero-order valence-corrected chi connectivity index (χ0v) is 51.0. The van der Waals surface area contributed by atoms with Crippen molar-refractivity contribution in [3.05, 3.63) is 107 Å². The summed E-state index contributed by atoms with van der Waals surface area (Å²) < 4.78 is 0.